The molecule has 0 fully saturated rings. The van der Waals surface area contributed by atoms with Crippen molar-refractivity contribution in [1.29, 1.82) is 0 Å². The van der Waals surface area contributed by atoms with Gasteiger partial charge in [-0.05, 0) is 25.1 Å². The summed E-state index contributed by atoms with van der Waals surface area (Å²) in [6, 6.07) is 4.31. The first-order valence-electron chi connectivity index (χ1n) is 7.66. The maximum atomic E-state index is 12.4. The number of H-pyrrole nitrogens is 1. The van der Waals surface area contributed by atoms with Crippen LogP contribution < -0.4 is 10.1 Å². The zero-order chi connectivity index (χ0) is 19.3. The minimum absolute atomic E-state index is 0.0526. The summed E-state index contributed by atoms with van der Waals surface area (Å²) in [7, 11) is 0.491. The fourth-order valence-corrected chi connectivity index (χ4v) is 3.79. The molecule has 0 saturated heterocycles. The molecule has 142 valence electrons. The van der Waals surface area contributed by atoms with Crippen LogP contribution in [0.1, 0.15) is 16.2 Å². The van der Waals surface area contributed by atoms with Crippen LogP contribution in [0, 0.1) is 6.92 Å². The van der Waals surface area contributed by atoms with Gasteiger partial charge in [-0.15, -0.1) is 5.10 Å². The highest BCUT2D eigenvalue weighted by Crippen LogP contribution is 2.26. The third-order valence-electron chi connectivity index (χ3n) is 3.38. The number of nitrogens with one attached hydrogen (secondary N) is 2. The van der Waals surface area contributed by atoms with E-state index in [2.05, 4.69) is 20.5 Å². The molecule has 0 radical (unpaired) electrons. The first-order valence-corrected chi connectivity index (χ1v) is 10.1. The van der Waals surface area contributed by atoms with Gasteiger partial charge in [-0.2, -0.15) is 0 Å². The number of rotatable bonds is 8. The van der Waals surface area contributed by atoms with E-state index in [1.54, 1.807) is 0 Å². The van der Waals surface area contributed by atoms with Gasteiger partial charge >= 0.3 is 0 Å². The topological polar surface area (TPSA) is 117 Å². The molecule has 0 atom stereocenters. The molecular formula is C15H21N5O4S2. The summed E-state index contributed by atoms with van der Waals surface area (Å²) in [6.45, 7) is 2.20. The summed E-state index contributed by atoms with van der Waals surface area (Å²) >= 11 is 1.41. The fourth-order valence-electron chi connectivity index (χ4n) is 2.01. The molecule has 2 aromatic rings. The average Bonchev–Trinajstić information content (AvgIpc) is 3.03. The number of carbonyl (C=O) groups excluding carboxylic acids is 1. The Morgan fingerprint density at radius 2 is 2.12 bits per heavy atom. The van der Waals surface area contributed by atoms with Gasteiger partial charge in [-0.3, -0.25) is 9.89 Å². The summed E-state index contributed by atoms with van der Waals surface area (Å²) in [6.07, 6.45) is 0. The van der Waals surface area contributed by atoms with Crippen LogP contribution in [0.5, 0.6) is 5.75 Å². The van der Waals surface area contributed by atoms with E-state index in [4.69, 9.17) is 4.74 Å². The maximum Gasteiger partial charge on any atom is 0.251 e. The van der Waals surface area contributed by atoms with Crippen LogP contribution >= 0.6 is 11.8 Å². The molecule has 0 aliphatic rings. The molecule has 1 heterocycles. The molecule has 2 N–H and O–H groups in total. The zero-order valence-corrected chi connectivity index (χ0v) is 16.6. The molecule has 1 aromatic heterocycles. The number of ether oxygens (including phenoxy) is 1. The Morgan fingerprint density at radius 3 is 2.69 bits per heavy atom. The van der Waals surface area contributed by atoms with Gasteiger partial charge in [0.25, 0.3) is 5.91 Å². The highest BCUT2D eigenvalue weighted by Gasteiger charge is 2.23. The van der Waals surface area contributed by atoms with E-state index in [1.165, 1.54) is 51.2 Å². The van der Waals surface area contributed by atoms with Crippen LogP contribution in [0.3, 0.4) is 0 Å². The highest BCUT2D eigenvalue weighted by atomic mass is 32.2. The second kappa shape index (κ2) is 8.52. The van der Waals surface area contributed by atoms with Gasteiger partial charge in [0.1, 0.15) is 16.5 Å². The first kappa shape index (κ1) is 20.2. The lowest BCUT2D eigenvalue weighted by Crippen LogP contribution is -2.27. The molecular weight excluding hydrogens is 378 g/mol. The summed E-state index contributed by atoms with van der Waals surface area (Å²) in [5.41, 5.74) is 0.241. The number of benzene rings is 1. The molecule has 11 heteroatoms. The predicted molar refractivity (Wildman–Crippen MR) is 98.0 cm³/mol. The van der Waals surface area contributed by atoms with Crippen LogP contribution in [0.25, 0.3) is 0 Å². The van der Waals surface area contributed by atoms with E-state index >= 15 is 0 Å². The first-order chi connectivity index (χ1) is 12.3. The normalized spacial score (nSPS) is 11.6. The molecule has 0 spiro atoms. The molecule has 1 aromatic carbocycles. The molecule has 1 amide bonds. The predicted octanol–water partition coefficient (Wildman–Crippen LogP) is 0.894. The Kier molecular flexibility index (Phi) is 6.62. The summed E-state index contributed by atoms with van der Waals surface area (Å²) in [5.74, 6) is 1.13. The Hall–Kier alpha value is -2.11. The second-order valence-corrected chi connectivity index (χ2v) is 8.64. The van der Waals surface area contributed by atoms with E-state index in [9.17, 15) is 13.2 Å². The third-order valence-corrected chi connectivity index (χ3v) is 6.07. The second-order valence-electron chi connectivity index (χ2n) is 5.46. The van der Waals surface area contributed by atoms with Gasteiger partial charge in [0.2, 0.25) is 15.2 Å². The van der Waals surface area contributed by atoms with Crippen molar-refractivity contribution in [3.63, 3.8) is 0 Å². The number of hydrogen-bond donors (Lipinski definition) is 2. The number of amides is 1. The van der Waals surface area contributed by atoms with Gasteiger partial charge in [0.15, 0.2) is 0 Å². The number of hydrogen-bond acceptors (Lipinski definition) is 7. The maximum absolute atomic E-state index is 12.4. The largest absolute Gasteiger partial charge is 0.495 e. The monoisotopic (exact) mass is 399 g/mol. The number of aromatic amines is 1. The van der Waals surface area contributed by atoms with E-state index in [1.807, 2.05) is 6.92 Å². The van der Waals surface area contributed by atoms with Crippen molar-refractivity contribution >= 4 is 27.7 Å². The molecule has 9 nitrogen and oxygen atoms in total. The van der Waals surface area contributed by atoms with Crippen molar-refractivity contribution in [3.05, 3.63) is 29.6 Å². The number of aryl methyl sites for hydroxylation is 1. The van der Waals surface area contributed by atoms with Gasteiger partial charge in [-0.1, -0.05) is 11.8 Å². The molecule has 2 rings (SSSR count). The van der Waals surface area contributed by atoms with Gasteiger partial charge in [-0.25, -0.2) is 17.7 Å². The Morgan fingerprint density at radius 1 is 1.38 bits per heavy atom. The van der Waals surface area contributed by atoms with Crippen LogP contribution in [0.4, 0.5) is 0 Å². The van der Waals surface area contributed by atoms with Crippen molar-refractivity contribution in [2.45, 2.75) is 17.0 Å². The van der Waals surface area contributed by atoms with Crippen LogP contribution in [0.2, 0.25) is 0 Å². The fraction of sp³-hybridized carbons (Fsp3) is 0.400. The third kappa shape index (κ3) is 4.74. The lowest BCUT2D eigenvalue weighted by molar-refractivity contribution is 0.0956. The summed E-state index contributed by atoms with van der Waals surface area (Å²) in [5, 5.41) is 10.1. The Balaban J connectivity index is 2.04. The van der Waals surface area contributed by atoms with Gasteiger partial charge in [0, 0.05) is 32.0 Å². The summed E-state index contributed by atoms with van der Waals surface area (Å²) in [4.78, 5) is 16.4. The van der Waals surface area contributed by atoms with Crippen molar-refractivity contribution in [2.75, 3.05) is 33.5 Å². The van der Waals surface area contributed by atoms with E-state index in [0.29, 0.717) is 17.5 Å². The average molecular weight is 399 g/mol. The summed E-state index contributed by atoms with van der Waals surface area (Å²) < 4.78 is 31.0. The molecule has 0 aliphatic carbocycles. The number of aromatic nitrogens is 3. The minimum atomic E-state index is -3.73. The lowest BCUT2D eigenvalue weighted by Gasteiger charge is -2.15. The molecule has 0 saturated carbocycles. The zero-order valence-electron chi connectivity index (χ0n) is 14.9. The van der Waals surface area contributed by atoms with Crippen molar-refractivity contribution < 1.29 is 17.9 Å². The highest BCUT2D eigenvalue weighted by molar-refractivity contribution is 7.99. The number of methoxy groups -OCH3 is 1. The van der Waals surface area contributed by atoms with E-state index in [-0.39, 0.29) is 22.1 Å². The number of thioether (sulfide) groups is 1. The van der Waals surface area contributed by atoms with Crippen LogP contribution in [0.15, 0.2) is 28.3 Å². The molecule has 0 aliphatic heterocycles. The minimum Gasteiger partial charge on any atom is -0.495 e. The standard InChI is InChI=1S/C15H21N5O4S2/c1-10-17-15(19-18-10)25-8-7-16-14(21)11-5-6-12(24-4)13(9-11)26(22,23)20(2)3/h5-6,9H,7-8H2,1-4H3,(H,16,21)(H,17,18,19). The van der Waals surface area contributed by atoms with Crippen LogP contribution in [-0.4, -0.2) is 67.3 Å². The number of carbonyl (C=O) groups is 1. The SMILES string of the molecule is COc1ccc(C(=O)NCCSc2n[nH]c(C)n2)cc1S(=O)(=O)N(C)C. The molecule has 26 heavy (non-hydrogen) atoms. The quantitative estimate of drug-likeness (QED) is 0.500. The van der Waals surface area contributed by atoms with Crippen molar-refractivity contribution in [3.8, 4) is 5.75 Å². The number of sulfonamides is 1. The molecule has 0 bridgehead atoms. The van der Waals surface area contributed by atoms with Gasteiger partial charge in [0.05, 0.1) is 7.11 Å². The Labute approximate surface area is 156 Å². The lowest BCUT2D eigenvalue weighted by atomic mass is 10.2. The van der Waals surface area contributed by atoms with E-state index in [0.717, 1.165) is 10.1 Å². The molecule has 0 unspecified atom stereocenters. The van der Waals surface area contributed by atoms with Crippen LogP contribution in [-0.2, 0) is 10.0 Å². The number of nitrogens with zero attached hydrogens (tertiary/aromatic N) is 3. The van der Waals surface area contributed by atoms with E-state index < -0.39 is 10.0 Å². The van der Waals surface area contributed by atoms with Gasteiger partial charge < -0.3 is 10.1 Å². The van der Waals surface area contributed by atoms with Crippen molar-refractivity contribution in [1.82, 2.24) is 24.8 Å². The Bertz CT molecular complexity index is 880. The van der Waals surface area contributed by atoms with Crippen molar-refractivity contribution in [2.24, 2.45) is 0 Å². The smallest absolute Gasteiger partial charge is 0.251 e.